The van der Waals surface area contributed by atoms with E-state index in [9.17, 15) is 9.59 Å². The van der Waals surface area contributed by atoms with Gasteiger partial charge in [0.15, 0.2) is 0 Å². The summed E-state index contributed by atoms with van der Waals surface area (Å²) in [5.41, 5.74) is 1.06. The Hall–Kier alpha value is -1.88. The highest BCUT2D eigenvalue weighted by Crippen LogP contribution is 1.97. The van der Waals surface area contributed by atoms with Gasteiger partial charge < -0.3 is 16.0 Å². The molecule has 0 aromatic heterocycles. The number of rotatable bonds is 8. The summed E-state index contributed by atoms with van der Waals surface area (Å²) in [5, 5.41) is 8.42. The average molecular weight is 263 g/mol. The van der Waals surface area contributed by atoms with Gasteiger partial charge in [0.25, 0.3) is 0 Å². The van der Waals surface area contributed by atoms with E-state index in [0.717, 1.165) is 5.56 Å². The van der Waals surface area contributed by atoms with Crippen LogP contribution in [0.2, 0.25) is 0 Å². The minimum atomic E-state index is -0.0576. The first kappa shape index (κ1) is 15.2. The van der Waals surface area contributed by atoms with Crippen molar-refractivity contribution in [1.82, 2.24) is 16.0 Å². The number of carbonyl (C=O) groups is 2. The van der Waals surface area contributed by atoms with Crippen LogP contribution in [0.25, 0.3) is 0 Å². The highest BCUT2D eigenvalue weighted by molar-refractivity contribution is 5.79. The summed E-state index contributed by atoms with van der Waals surface area (Å²) in [7, 11) is 1.80. The van der Waals surface area contributed by atoms with Crippen molar-refractivity contribution in [2.24, 2.45) is 0 Å². The Morgan fingerprint density at radius 1 is 0.947 bits per heavy atom. The molecule has 0 spiro atoms. The fourth-order valence-corrected chi connectivity index (χ4v) is 1.53. The van der Waals surface area contributed by atoms with Crippen LogP contribution in [-0.2, 0) is 16.1 Å². The Kier molecular flexibility index (Phi) is 7.27. The van der Waals surface area contributed by atoms with E-state index in [-0.39, 0.29) is 11.8 Å². The van der Waals surface area contributed by atoms with Crippen molar-refractivity contribution in [1.29, 1.82) is 0 Å². The van der Waals surface area contributed by atoms with E-state index in [4.69, 9.17) is 0 Å². The summed E-state index contributed by atoms with van der Waals surface area (Å²) in [6, 6.07) is 9.72. The van der Waals surface area contributed by atoms with Gasteiger partial charge in [-0.25, -0.2) is 0 Å². The number of carbonyl (C=O) groups excluding carboxylic acids is 2. The molecule has 1 aromatic rings. The third kappa shape index (κ3) is 7.21. The van der Waals surface area contributed by atoms with Crippen LogP contribution in [0.5, 0.6) is 0 Å². The van der Waals surface area contributed by atoms with Gasteiger partial charge in [-0.05, 0) is 12.6 Å². The largest absolute Gasteiger partial charge is 0.356 e. The second-order valence-corrected chi connectivity index (χ2v) is 4.22. The maximum absolute atomic E-state index is 11.5. The molecule has 0 fully saturated rings. The Bertz CT molecular complexity index is 393. The van der Waals surface area contributed by atoms with E-state index in [1.807, 2.05) is 30.3 Å². The predicted molar refractivity (Wildman–Crippen MR) is 74.5 cm³/mol. The number of benzene rings is 1. The molecule has 0 atom stereocenters. The van der Waals surface area contributed by atoms with Crippen molar-refractivity contribution in [2.75, 3.05) is 20.1 Å². The molecule has 0 unspecified atom stereocenters. The molecule has 104 valence electrons. The molecule has 2 amide bonds. The van der Waals surface area contributed by atoms with E-state index in [1.54, 1.807) is 7.05 Å². The molecule has 0 aliphatic carbocycles. The zero-order valence-corrected chi connectivity index (χ0v) is 11.2. The predicted octanol–water partition coefficient (Wildman–Crippen LogP) is 0.419. The molecular formula is C14H21N3O2. The lowest BCUT2D eigenvalue weighted by Gasteiger charge is -2.06. The zero-order chi connectivity index (χ0) is 13.9. The van der Waals surface area contributed by atoms with Gasteiger partial charge in [0.05, 0.1) is 0 Å². The van der Waals surface area contributed by atoms with Crippen LogP contribution in [0, 0.1) is 0 Å². The van der Waals surface area contributed by atoms with Gasteiger partial charge in [0.2, 0.25) is 11.8 Å². The van der Waals surface area contributed by atoms with Gasteiger partial charge in [0.1, 0.15) is 0 Å². The maximum atomic E-state index is 11.5. The van der Waals surface area contributed by atoms with Crippen molar-refractivity contribution >= 4 is 11.8 Å². The van der Waals surface area contributed by atoms with Crippen LogP contribution < -0.4 is 16.0 Å². The molecule has 1 rings (SSSR count). The summed E-state index contributed by atoms with van der Waals surface area (Å²) in [4.78, 5) is 22.8. The summed E-state index contributed by atoms with van der Waals surface area (Å²) in [6.45, 7) is 1.54. The van der Waals surface area contributed by atoms with Crippen molar-refractivity contribution < 1.29 is 9.59 Å². The van der Waals surface area contributed by atoms with Gasteiger partial charge in [0, 0.05) is 32.5 Å². The van der Waals surface area contributed by atoms with Crippen LogP contribution in [0.1, 0.15) is 18.4 Å². The molecule has 0 saturated carbocycles. The molecule has 5 heteroatoms. The summed E-state index contributed by atoms with van der Waals surface area (Å²) < 4.78 is 0. The lowest BCUT2D eigenvalue weighted by molar-refractivity contribution is -0.122. The summed E-state index contributed by atoms with van der Waals surface area (Å²) in [5.74, 6) is -0.0945. The van der Waals surface area contributed by atoms with Gasteiger partial charge in [-0.3, -0.25) is 9.59 Å². The van der Waals surface area contributed by atoms with Crippen LogP contribution >= 0.6 is 0 Å². The highest BCUT2D eigenvalue weighted by atomic mass is 16.2. The minimum Gasteiger partial charge on any atom is -0.356 e. The summed E-state index contributed by atoms with van der Waals surface area (Å²) in [6.07, 6.45) is 0.736. The maximum Gasteiger partial charge on any atom is 0.222 e. The van der Waals surface area contributed by atoms with E-state index < -0.39 is 0 Å². The van der Waals surface area contributed by atoms with Gasteiger partial charge >= 0.3 is 0 Å². The Balaban J connectivity index is 2.10. The summed E-state index contributed by atoms with van der Waals surface area (Å²) >= 11 is 0. The Labute approximate surface area is 113 Å². The third-order valence-electron chi connectivity index (χ3n) is 2.61. The van der Waals surface area contributed by atoms with Crippen LogP contribution in [0.15, 0.2) is 30.3 Å². The third-order valence-corrected chi connectivity index (χ3v) is 2.61. The van der Waals surface area contributed by atoms with E-state index in [1.165, 1.54) is 0 Å². The molecule has 3 N–H and O–H groups in total. The van der Waals surface area contributed by atoms with E-state index >= 15 is 0 Å². The zero-order valence-electron chi connectivity index (χ0n) is 11.2. The molecule has 0 heterocycles. The topological polar surface area (TPSA) is 70.2 Å². The molecule has 0 aliphatic rings. The molecule has 5 nitrogen and oxygen atoms in total. The number of hydrogen-bond acceptors (Lipinski definition) is 3. The van der Waals surface area contributed by atoms with Crippen molar-refractivity contribution in [3.8, 4) is 0 Å². The fraction of sp³-hybridized carbons (Fsp3) is 0.429. The molecular weight excluding hydrogens is 242 g/mol. The standard InChI is InChI=1S/C14H21N3O2/c1-15-9-7-13(18)16-10-8-14(19)17-11-12-5-3-2-4-6-12/h2-6,15H,7-11H2,1H3,(H,16,18)(H,17,19). The SMILES string of the molecule is CNCCC(=O)NCCC(=O)NCc1ccccc1. The van der Waals surface area contributed by atoms with Crippen molar-refractivity contribution in [2.45, 2.75) is 19.4 Å². The molecule has 19 heavy (non-hydrogen) atoms. The highest BCUT2D eigenvalue weighted by Gasteiger charge is 2.03. The Morgan fingerprint density at radius 3 is 2.26 bits per heavy atom. The normalized spacial score (nSPS) is 9.95. The first-order valence-electron chi connectivity index (χ1n) is 6.44. The number of nitrogens with one attached hydrogen (secondary N) is 3. The van der Waals surface area contributed by atoms with Crippen LogP contribution in [-0.4, -0.2) is 32.0 Å². The van der Waals surface area contributed by atoms with E-state index in [2.05, 4.69) is 16.0 Å². The van der Waals surface area contributed by atoms with Crippen molar-refractivity contribution in [3.05, 3.63) is 35.9 Å². The lowest BCUT2D eigenvalue weighted by Crippen LogP contribution is -2.31. The van der Waals surface area contributed by atoms with Crippen molar-refractivity contribution in [3.63, 3.8) is 0 Å². The van der Waals surface area contributed by atoms with Gasteiger partial charge in [-0.2, -0.15) is 0 Å². The first-order chi connectivity index (χ1) is 9.22. The van der Waals surface area contributed by atoms with Crippen LogP contribution in [0.4, 0.5) is 0 Å². The number of amides is 2. The quantitative estimate of drug-likeness (QED) is 0.636. The minimum absolute atomic E-state index is 0.0368. The number of hydrogen-bond donors (Lipinski definition) is 3. The average Bonchev–Trinajstić information content (AvgIpc) is 2.44. The monoisotopic (exact) mass is 263 g/mol. The Morgan fingerprint density at radius 2 is 1.58 bits per heavy atom. The van der Waals surface area contributed by atoms with Gasteiger partial charge in [-0.1, -0.05) is 30.3 Å². The molecule has 1 aromatic carbocycles. The molecule has 0 radical (unpaired) electrons. The lowest BCUT2D eigenvalue weighted by atomic mass is 10.2. The molecule has 0 bridgehead atoms. The molecule has 0 saturated heterocycles. The first-order valence-corrected chi connectivity index (χ1v) is 6.44. The smallest absolute Gasteiger partial charge is 0.222 e. The second-order valence-electron chi connectivity index (χ2n) is 4.22. The molecule has 0 aliphatic heterocycles. The van der Waals surface area contributed by atoms with Gasteiger partial charge in [-0.15, -0.1) is 0 Å². The van der Waals surface area contributed by atoms with Crippen LogP contribution in [0.3, 0.4) is 0 Å². The second kappa shape index (κ2) is 9.10. The van der Waals surface area contributed by atoms with E-state index in [0.29, 0.717) is 32.5 Å². The fourth-order valence-electron chi connectivity index (χ4n) is 1.53.